The summed E-state index contributed by atoms with van der Waals surface area (Å²) in [5.74, 6) is 1.01. The highest BCUT2D eigenvalue weighted by Crippen LogP contribution is 2.28. The Balaban J connectivity index is 1.33. The number of rotatable bonds is 4. The predicted octanol–water partition coefficient (Wildman–Crippen LogP) is 4.50. The second-order valence-electron chi connectivity index (χ2n) is 9.29. The number of benzene rings is 2. The van der Waals surface area contributed by atoms with Crippen LogP contribution in [-0.4, -0.2) is 51.4 Å². The maximum Gasteiger partial charge on any atom is 0.274 e. The quantitative estimate of drug-likeness (QED) is 0.584. The maximum atomic E-state index is 13.7. The first kappa shape index (κ1) is 22.4. The molecular formula is C28H31N5O. The summed E-state index contributed by atoms with van der Waals surface area (Å²) in [7, 11) is 0. The van der Waals surface area contributed by atoms with E-state index in [9.17, 15) is 4.79 Å². The summed E-state index contributed by atoms with van der Waals surface area (Å²) < 4.78 is 2.30. The Labute approximate surface area is 201 Å². The van der Waals surface area contributed by atoms with Crippen molar-refractivity contribution in [2.45, 2.75) is 45.2 Å². The standard InChI is InChI=1S/C28H31N5O/c29-20-22-11-13-23(14-12-22)21-31-15-7-16-32(19-18-31)28(34)26-25-10-5-2-6-17-33(25)27(30-26)24-8-3-1-4-9-24/h1,3-4,8-9,11-14H,2,5-7,10,15-19,21H2. The number of hydrogen-bond acceptors (Lipinski definition) is 4. The third-order valence-electron chi connectivity index (χ3n) is 6.97. The molecule has 2 aliphatic heterocycles. The number of carbonyl (C=O) groups excluding carboxylic acids is 1. The average Bonchev–Trinajstić information content (AvgIpc) is 3.04. The summed E-state index contributed by atoms with van der Waals surface area (Å²) in [5.41, 5.74) is 4.73. The Bertz CT molecular complexity index is 1180. The molecule has 174 valence electrons. The molecule has 6 heteroatoms. The molecule has 1 amide bonds. The number of hydrogen-bond donors (Lipinski definition) is 0. The first-order chi connectivity index (χ1) is 16.7. The lowest BCUT2D eigenvalue weighted by molar-refractivity contribution is 0.0754. The molecule has 0 radical (unpaired) electrons. The van der Waals surface area contributed by atoms with Crippen LogP contribution in [0.15, 0.2) is 54.6 Å². The van der Waals surface area contributed by atoms with Crippen LogP contribution in [0.3, 0.4) is 0 Å². The first-order valence-corrected chi connectivity index (χ1v) is 12.4. The van der Waals surface area contributed by atoms with Gasteiger partial charge in [0.1, 0.15) is 11.5 Å². The van der Waals surface area contributed by atoms with Gasteiger partial charge in [0.2, 0.25) is 0 Å². The smallest absolute Gasteiger partial charge is 0.274 e. The molecule has 0 atom stereocenters. The number of amides is 1. The topological polar surface area (TPSA) is 65.2 Å². The number of fused-ring (bicyclic) bond motifs is 1. The van der Waals surface area contributed by atoms with E-state index in [0.717, 1.165) is 75.5 Å². The number of imidazole rings is 1. The van der Waals surface area contributed by atoms with E-state index >= 15 is 0 Å². The summed E-state index contributed by atoms with van der Waals surface area (Å²) in [5, 5.41) is 9.01. The van der Waals surface area contributed by atoms with E-state index < -0.39 is 0 Å². The van der Waals surface area contributed by atoms with Crippen LogP contribution >= 0.6 is 0 Å². The highest BCUT2D eigenvalue weighted by molar-refractivity contribution is 5.94. The van der Waals surface area contributed by atoms with Gasteiger partial charge in [0.05, 0.1) is 17.3 Å². The van der Waals surface area contributed by atoms with Crippen molar-refractivity contribution in [3.63, 3.8) is 0 Å². The van der Waals surface area contributed by atoms with Crippen LogP contribution < -0.4 is 0 Å². The second kappa shape index (κ2) is 10.2. The van der Waals surface area contributed by atoms with Gasteiger partial charge < -0.3 is 9.47 Å². The molecule has 2 aromatic carbocycles. The van der Waals surface area contributed by atoms with Gasteiger partial charge >= 0.3 is 0 Å². The minimum absolute atomic E-state index is 0.0769. The third-order valence-corrected chi connectivity index (χ3v) is 6.97. The van der Waals surface area contributed by atoms with E-state index in [2.05, 4.69) is 27.7 Å². The van der Waals surface area contributed by atoms with Crippen LogP contribution in [0.4, 0.5) is 0 Å². The van der Waals surface area contributed by atoms with Crippen LogP contribution in [0.2, 0.25) is 0 Å². The molecule has 34 heavy (non-hydrogen) atoms. The molecule has 5 rings (SSSR count). The lowest BCUT2D eigenvalue weighted by atomic mass is 10.1. The molecule has 3 aromatic rings. The van der Waals surface area contributed by atoms with Gasteiger partial charge in [-0.2, -0.15) is 5.26 Å². The molecule has 0 unspecified atom stereocenters. The number of nitrogens with zero attached hydrogens (tertiary/aromatic N) is 5. The Morgan fingerprint density at radius 3 is 2.50 bits per heavy atom. The largest absolute Gasteiger partial charge is 0.336 e. The lowest BCUT2D eigenvalue weighted by Gasteiger charge is -2.22. The van der Waals surface area contributed by atoms with E-state index in [1.165, 1.54) is 12.0 Å². The molecule has 1 saturated heterocycles. The van der Waals surface area contributed by atoms with Gasteiger partial charge in [-0.05, 0) is 43.4 Å². The average molecular weight is 454 g/mol. The van der Waals surface area contributed by atoms with Gasteiger partial charge in [0, 0.05) is 44.8 Å². The summed E-state index contributed by atoms with van der Waals surface area (Å²) in [4.78, 5) is 23.1. The summed E-state index contributed by atoms with van der Waals surface area (Å²) in [6, 6.07) is 20.2. The van der Waals surface area contributed by atoms with Crippen molar-refractivity contribution >= 4 is 5.91 Å². The number of carbonyl (C=O) groups is 1. The Kier molecular flexibility index (Phi) is 6.73. The van der Waals surface area contributed by atoms with Crippen LogP contribution in [0.5, 0.6) is 0 Å². The van der Waals surface area contributed by atoms with Gasteiger partial charge in [0.25, 0.3) is 5.91 Å². The fourth-order valence-electron chi connectivity index (χ4n) is 5.12. The van der Waals surface area contributed by atoms with E-state index in [0.29, 0.717) is 17.8 Å². The maximum absolute atomic E-state index is 13.7. The fourth-order valence-corrected chi connectivity index (χ4v) is 5.12. The van der Waals surface area contributed by atoms with Crippen LogP contribution in [0.25, 0.3) is 11.4 Å². The molecule has 0 bridgehead atoms. The Morgan fingerprint density at radius 2 is 1.71 bits per heavy atom. The van der Waals surface area contributed by atoms with Crippen molar-refractivity contribution in [2.75, 3.05) is 26.2 Å². The molecule has 1 fully saturated rings. The minimum Gasteiger partial charge on any atom is -0.336 e. The molecule has 6 nitrogen and oxygen atoms in total. The van der Waals surface area contributed by atoms with Crippen molar-refractivity contribution in [1.29, 1.82) is 5.26 Å². The van der Waals surface area contributed by atoms with E-state index in [4.69, 9.17) is 10.2 Å². The fraction of sp³-hybridized carbons (Fsp3) is 0.393. The second-order valence-corrected chi connectivity index (χ2v) is 9.29. The lowest BCUT2D eigenvalue weighted by Crippen LogP contribution is -2.35. The van der Waals surface area contributed by atoms with Crippen molar-refractivity contribution < 1.29 is 4.79 Å². The summed E-state index contributed by atoms with van der Waals surface area (Å²) in [6.45, 7) is 5.04. The number of nitriles is 1. The third kappa shape index (κ3) is 4.76. The van der Waals surface area contributed by atoms with E-state index in [1.807, 2.05) is 47.4 Å². The highest BCUT2D eigenvalue weighted by Gasteiger charge is 2.28. The van der Waals surface area contributed by atoms with Crippen LogP contribution in [0.1, 0.15) is 53.0 Å². The van der Waals surface area contributed by atoms with Gasteiger partial charge in [-0.3, -0.25) is 9.69 Å². The predicted molar refractivity (Wildman–Crippen MR) is 132 cm³/mol. The minimum atomic E-state index is 0.0769. The van der Waals surface area contributed by atoms with Gasteiger partial charge in [-0.1, -0.05) is 48.9 Å². The van der Waals surface area contributed by atoms with Crippen molar-refractivity contribution in [1.82, 2.24) is 19.4 Å². The zero-order valence-electron chi connectivity index (χ0n) is 19.6. The molecule has 2 aliphatic rings. The molecule has 0 N–H and O–H groups in total. The van der Waals surface area contributed by atoms with E-state index in [-0.39, 0.29) is 5.91 Å². The molecule has 0 spiro atoms. The van der Waals surface area contributed by atoms with Crippen LogP contribution in [-0.2, 0) is 19.5 Å². The highest BCUT2D eigenvalue weighted by atomic mass is 16.2. The zero-order valence-corrected chi connectivity index (χ0v) is 19.6. The summed E-state index contributed by atoms with van der Waals surface area (Å²) in [6.07, 6.45) is 5.30. The molecular weight excluding hydrogens is 422 g/mol. The molecule has 0 aliphatic carbocycles. The normalized spacial score (nSPS) is 16.9. The van der Waals surface area contributed by atoms with Gasteiger partial charge in [0.15, 0.2) is 0 Å². The molecule has 1 aromatic heterocycles. The number of aromatic nitrogens is 2. The SMILES string of the molecule is N#Cc1ccc(CN2CCCN(C(=O)c3nc(-c4ccccc4)n4c3CCCCC4)CC2)cc1. The van der Waals surface area contributed by atoms with Crippen LogP contribution in [0, 0.1) is 11.3 Å². The van der Waals surface area contributed by atoms with E-state index in [1.54, 1.807) is 0 Å². The van der Waals surface area contributed by atoms with Crippen molar-refractivity contribution in [3.05, 3.63) is 77.1 Å². The Morgan fingerprint density at radius 1 is 0.882 bits per heavy atom. The van der Waals surface area contributed by atoms with Crippen molar-refractivity contribution in [3.8, 4) is 17.5 Å². The monoisotopic (exact) mass is 453 g/mol. The molecule has 0 saturated carbocycles. The first-order valence-electron chi connectivity index (χ1n) is 12.4. The van der Waals surface area contributed by atoms with Gasteiger partial charge in [-0.25, -0.2) is 4.98 Å². The van der Waals surface area contributed by atoms with Crippen molar-refractivity contribution in [2.24, 2.45) is 0 Å². The summed E-state index contributed by atoms with van der Waals surface area (Å²) >= 11 is 0. The van der Waals surface area contributed by atoms with Gasteiger partial charge in [-0.15, -0.1) is 0 Å². The Hall–Kier alpha value is -3.43. The zero-order chi connectivity index (χ0) is 23.3. The molecule has 3 heterocycles.